The number of aliphatic carboxylic acids is 1. The van der Waals surface area contributed by atoms with Crippen molar-refractivity contribution in [2.45, 2.75) is 12.8 Å². The second kappa shape index (κ2) is 8.41. The van der Waals surface area contributed by atoms with Crippen LogP contribution in [-0.4, -0.2) is 34.4 Å². The van der Waals surface area contributed by atoms with E-state index in [1.165, 1.54) is 5.56 Å². The third-order valence-electron chi connectivity index (χ3n) is 4.06. The Morgan fingerprint density at radius 1 is 1.07 bits per heavy atom. The summed E-state index contributed by atoms with van der Waals surface area (Å²) in [4.78, 5) is 22.3. The van der Waals surface area contributed by atoms with E-state index in [2.05, 4.69) is 27.2 Å². The van der Waals surface area contributed by atoms with Gasteiger partial charge in [-0.05, 0) is 54.9 Å². The van der Waals surface area contributed by atoms with Crippen LogP contribution in [0.5, 0.6) is 0 Å². The number of rotatable bonds is 5. The van der Waals surface area contributed by atoms with Gasteiger partial charge in [0.15, 0.2) is 5.11 Å². The summed E-state index contributed by atoms with van der Waals surface area (Å²) in [7, 11) is 0. The first kappa shape index (κ1) is 18.5. The van der Waals surface area contributed by atoms with Crippen molar-refractivity contribution in [3.8, 4) is 0 Å². The van der Waals surface area contributed by atoms with E-state index in [0.717, 1.165) is 24.1 Å². The summed E-state index contributed by atoms with van der Waals surface area (Å²) in [6.07, 6.45) is 1.84. The highest BCUT2D eigenvalue weighted by molar-refractivity contribution is 7.80. The summed E-state index contributed by atoms with van der Waals surface area (Å²) in [5.74, 6) is -1.54. The predicted molar refractivity (Wildman–Crippen MR) is 107 cm³/mol. The van der Waals surface area contributed by atoms with Gasteiger partial charge in [0, 0.05) is 16.8 Å². The normalized spacial score (nSPS) is 13.7. The zero-order valence-corrected chi connectivity index (χ0v) is 15.2. The number of carboxylic acid groups (broad SMARTS) is 1. The molecular formula is C19H18N4O3S. The van der Waals surface area contributed by atoms with E-state index in [1.807, 2.05) is 18.2 Å². The number of fused-ring (bicyclic) bond motifs is 1. The van der Waals surface area contributed by atoms with Crippen LogP contribution in [0, 0.1) is 0 Å². The lowest BCUT2D eigenvalue weighted by Crippen LogP contribution is -2.29. The molecule has 1 amide bonds. The van der Waals surface area contributed by atoms with Crippen LogP contribution in [0.2, 0.25) is 0 Å². The third-order valence-corrected chi connectivity index (χ3v) is 4.25. The number of amides is 1. The van der Waals surface area contributed by atoms with Gasteiger partial charge in [-0.3, -0.25) is 15.0 Å². The number of carboxylic acids is 1. The first-order chi connectivity index (χ1) is 13.0. The number of hydrazone groups is 1. The monoisotopic (exact) mass is 382 g/mol. The lowest BCUT2D eigenvalue weighted by molar-refractivity contribution is -0.135. The average molecular weight is 382 g/mol. The quantitative estimate of drug-likeness (QED) is 0.467. The van der Waals surface area contributed by atoms with Crippen LogP contribution in [0.25, 0.3) is 0 Å². The van der Waals surface area contributed by atoms with E-state index in [1.54, 1.807) is 24.3 Å². The number of hydrogen-bond acceptors (Lipinski definition) is 4. The van der Waals surface area contributed by atoms with Crippen LogP contribution in [0.15, 0.2) is 53.6 Å². The lowest BCUT2D eigenvalue weighted by Gasteiger charge is -2.09. The molecule has 3 rings (SSSR count). The molecule has 8 heteroatoms. The average Bonchev–Trinajstić information content (AvgIpc) is 3.08. The minimum Gasteiger partial charge on any atom is -0.480 e. The number of anilines is 1. The van der Waals surface area contributed by atoms with Gasteiger partial charge in [0.1, 0.15) is 6.54 Å². The second-order valence-corrected chi connectivity index (χ2v) is 6.34. The maximum absolute atomic E-state index is 11.8. The number of nitrogens with one attached hydrogen (secondary N) is 3. The lowest BCUT2D eigenvalue weighted by atomic mass is 10.1. The van der Waals surface area contributed by atoms with Crippen molar-refractivity contribution in [1.82, 2.24) is 10.7 Å². The van der Waals surface area contributed by atoms with Crippen molar-refractivity contribution < 1.29 is 14.7 Å². The molecule has 7 nitrogen and oxygen atoms in total. The standard InChI is InChI=1S/C19H18N4O3S/c24-17(25)11-20-18(26)13-5-8-14(9-6-13)21-19(27)23-22-16-10-7-12-3-1-2-4-15(12)16/h1-6,8-9H,7,10-11H2,(H,20,26)(H,24,25)(H2,21,23,27)/b22-16-. The summed E-state index contributed by atoms with van der Waals surface area (Å²) in [6.45, 7) is -0.420. The van der Waals surface area contributed by atoms with E-state index in [4.69, 9.17) is 17.3 Å². The Morgan fingerprint density at radius 3 is 2.56 bits per heavy atom. The van der Waals surface area contributed by atoms with Gasteiger partial charge in [-0.15, -0.1) is 0 Å². The van der Waals surface area contributed by atoms with Crippen molar-refractivity contribution in [2.24, 2.45) is 5.10 Å². The third kappa shape index (κ3) is 4.89. The van der Waals surface area contributed by atoms with Crippen molar-refractivity contribution >= 4 is 40.6 Å². The Morgan fingerprint density at radius 2 is 1.81 bits per heavy atom. The van der Waals surface area contributed by atoms with Crippen LogP contribution < -0.4 is 16.1 Å². The SMILES string of the molecule is O=C(O)CNC(=O)c1ccc(NC(=S)N/N=C2/CCc3ccccc32)cc1. The van der Waals surface area contributed by atoms with Crippen molar-refractivity contribution in [2.75, 3.05) is 11.9 Å². The molecule has 2 aromatic carbocycles. The maximum Gasteiger partial charge on any atom is 0.322 e. The number of carbonyl (C=O) groups is 2. The van der Waals surface area contributed by atoms with Crippen LogP contribution in [0.4, 0.5) is 5.69 Å². The Labute approximate surface area is 161 Å². The molecule has 0 aliphatic heterocycles. The van der Waals surface area contributed by atoms with Gasteiger partial charge in [-0.2, -0.15) is 5.10 Å². The number of nitrogens with zero attached hydrogens (tertiary/aromatic N) is 1. The van der Waals surface area contributed by atoms with Gasteiger partial charge in [0.05, 0.1) is 5.71 Å². The number of carbonyl (C=O) groups excluding carboxylic acids is 1. The van der Waals surface area contributed by atoms with Crippen molar-refractivity contribution in [1.29, 1.82) is 0 Å². The van der Waals surface area contributed by atoms with Crippen LogP contribution in [0.1, 0.15) is 27.9 Å². The van der Waals surface area contributed by atoms with Gasteiger partial charge < -0.3 is 15.7 Å². The molecule has 1 aliphatic carbocycles. The molecular weight excluding hydrogens is 364 g/mol. The highest BCUT2D eigenvalue weighted by Crippen LogP contribution is 2.21. The maximum atomic E-state index is 11.8. The van der Waals surface area contributed by atoms with E-state index in [-0.39, 0.29) is 0 Å². The van der Waals surface area contributed by atoms with Crippen LogP contribution >= 0.6 is 12.2 Å². The van der Waals surface area contributed by atoms with E-state index in [0.29, 0.717) is 16.4 Å². The molecule has 4 N–H and O–H groups in total. The van der Waals surface area contributed by atoms with Crippen LogP contribution in [0.3, 0.4) is 0 Å². The molecule has 138 valence electrons. The molecule has 0 fully saturated rings. The number of hydrogen-bond donors (Lipinski definition) is 4. The summed E-state index contributed by atoms with van der Waals surface area (Å²) < 4.78 is 0. The smallest absolute Gasteiger partial charge is 0.322 e. The fraction of sp³-hybridized carbons (Fsp3) is 0.158. The van der Waals surface area contributed by atoms with E-state index in [9.17, 15) is 9.59 Å². The summed E-state index contributed by atoms with van der Waals surface area (Å²) in [5, 5.41) is 18.6. The largest absolute Gasteiger partial charge is 0.480 e. The molecule has 0 radical (unpaired) electrons. The first-order valence-corrected chi connectivity index (χ1v) is 8.75. The Bertz CT molecular complexity index is 909. The molecule has 0 saturated heterocycles. The molecule has 0 saturated carbocycles. The molecule has 1 aliphatic rings. The Kier molecular flexibility index (Phi) is 5.77. The highest BCUT2D eigenvalue weighted by atomic mass is 32.1. The van der Waals surface area contributed by atoms with E-state index < -0.39 is 18.4 Å². The molecule has 0 bridgehead atoms. The summed E-state index contributed by atoms with van der Waals surface area (Å²) >= 11 is 5.25. The molecule has 0 aromatic heterocycles. The molecule has 0 atom stereocenters. The number of thiocarbonyl (C=S) groups is 1. The molecule has 0 spiro atoms. The van der Waals surface area contributed by atoms with Gasteiger partial charge in [0.25, 0.3) is 5.91 Å². The van der Waals surface area contributed by atoms with E-state index >= 15 is 0 Å². The van der Waals surface area contributed by atoms with Gasteiger partial charge >= 0.3 is 5.97 Å². The number of aryl methyl sites for hydroxylation is 1. The molecule has 0 heterocycles. The number of benzene rings is 2. The summed E-state index contributed by atoms with van der Waals surface area (Å²) in [5.41, 5.74) is 7.30. The fourth-order valence-corrected chi connectivity index (χ4v) is 2.93. The Balaban J connectivity index is 1.55. The topological polar surface area (TPSA) is 103 Å². The minimum absolute atomic E-state index is 0.343. The summed E-state index contributed by atoms with van der Waals surface area (Å²) in [6, 6.07) is 14.7. The van der Waals surface area contributed by atoms with Gasteiger partial charge in [0.2, 0.25) is 0 Å². The van der Waals surface area contributed by atoms with Crippen LogP contribution in [-0.2, 0) is 11.2 Å². The molecule has 2 aromatic rings. The Hall–Kier alpha value is -3.26. The second-order valence-electron chi connectivity index (χ2n) is 5.94. The van der Waals surface area contributed by atoms with Gasteiger partial charge in [-0.25, -0.2) is 0 Å². The zero-order chi connectivity index (χ0) is 19.2. The van der Waals surface area contributed by atoms with Crippen molar-refractivity contribution in [3.63, 3.8) is 0 Å². The van der Waals surface area contributed by atoms with Crippen molar-refractivity contribution in [3.05, 3.63) is 65.2 Å². The fourth-order valence-electron chi connectivity index (χ4n) is 2.76. The minimum atomic E-state index is -1.09. The zero-order valence-electron chi connectivity index (χ0n) is 14.4. The first-order valence-electron chi connectivity index (χ1n) is 8.35. The van der Waals surface area contributed by atoms with Gasteiger partial charge in [-0.1, -0.05) is 24.3 Å². The molecule has 27 heavy (non-hydrogen) atoms. The predicted octanol–water partition coefficient (Wildman–Crippen LogP) is 2.14. The molecule has 0 unspecified atom stereocenters. The highest BCUT2D eigenvalue weighted by Gasteiger charge is 2.16.